The molecule has 0 aromatic carbocycles. The SMILES string of the molecule is CN(C)CCN1CCN(CC(=O)c2ccc(Cl)s2)CC1. The van der Waals surface area contributed by atoms with Gasteiger partial charge in [-0.3, -0.25) is 14.6 Å². The minimum Gasteiger partial charge on any atom is -0.308 e. The van der Waals surface area contributed by atoms with Crippen LogP contribution < -0.4 is 0 Å². The number of thiophene rings is 1. The van der Waals surface area contributed by atoms with Crippen LogP contribution in [-0.2, 0) is 0 Å². The van der Waals surface area contributed by atoms with Gasteiger partial charge >= 0.3 is 0 Å². The number of carbonyl (C=O) groups is 1. The monoisotopic (exact) mass is 315 g/mol. The van der Waals surface area contributed by atoms with Gasteiger partial charge in [-0.1, -0.05) is 11.6 Å². The van der Waals surface area contributed by atoms with Gasteiger partial charge in [-0.05, 0) is 26.2 Å². The molecule has 0 unspecified atom stereocenters. The number of nitrogens with zero attached hydrogens (tertiary/aromatic N) is 3. The summed E-state index contributed by atoms with van der Waals surface area (Å²) in [4.78, 5) is 19.8. The van der Waals surface area contributed by atoms with Crippen LogP contribution in [0.2, 0.25) is 4.34 Å². The molecule has 2 heterocycles. The Labute approximate surface area is 129 Å². The van der Waals surface area contributed by atoms with Crippen molar-refractivity contribution >= 4 is 28.7 Å². The van der Waals surface area contributed by atoms with Crippen molar-refractivity contribution in [2.75, 3.05) is 59.9 Å². The van der Waals surface area contributed by atoms with Crippen LogP contribution in [0.15, 0.2) is 12.1 Å². The molecule has 20 heavy (non-hydrogen) atoms. The van der Waals surface area contributed by atoms with Crippen molar-refractivity contribution in [2.45, 2.75) is 0 Å². The van der Waals surface area contributed by atoms with Gasteiger partial charge in [0.1, 0.15) is 0 Å². The highest BCUT2D eigenvalue weighted by atomic mass is 35.5. The lowest BCUT2D eigenvalue weighted by Crippen LogP contribution is -2.49. The van der Waals surface area contributed by atoms with Crippen LogP contribution in [0.5, 0.6) is 0 Å². The predicted octanol–water partition coefficient (Wildman–Crippen LogP) is 1.76. The minimum atomic E-state index is 0.184. The second-order valence-electron chi connectivity index (χ2n) is 5.45. The molecule has 4 nitrogen and oxygen atoms in total. The van der Waals surface area contributed by atoms with Crippen molar-refractivity contribution in [2.24, 2.45) is 0 Å². The number of ketones is 1. The number of rotatable bonds is 6. The number of hydrogen-bond acceptors (Lipinski definition) is 5. The predicted molar refractivity (Wildman–Crippen MR) is 85.1 cm³/mol. The summed E-state index contributed by atoms with van der Waals surface area (Å²) in [6.45, 7) is 6.75. The molecule has 112 valence electrons. The maximum absolute atomic E-state index is 12.1. The van der Waals surface area contributed by atoms with Gasteiger partial charge in [0, 0.05) is 39.3 Å². The van der Waals surface area contributed by atoms with Crippen molar-refractivity contribution in [3.63, 3.8) is 0 Å². The molecule has 0 bridgehead atoms. The molecule has 2 rings (SSSR count). The summed E-state index contributed by atoms with van der Waals surface area (Å²) in [6.07, 6.45) is 0. The fraction of sp³-hybridized carbons (Fsp3) is 0.643. The second kappa shape index (κ2) is 7.52. The van der Waals surface area contributed by atoms with Crippen molar-refractivity contribution in [1.82, 2.24) is 14.7 Å². The molecule has 1 saturated heterocycles. The van der Waals surface area contributed by atoms with Gasteiger partial charge in [0.05, 0.1) is 15.8 Å². The van der Waals surface area contributed by atoms with Gasteiger partial charge in [-0.2, -0.15) is 0 Å². The first-order valence-corrected chi connectivity index (χ1v) is 8.12. The third-order valence-electron chi connectivity index (χ3n) is 3.54. The zero-order valence-corrected chi connectivity index (χ0v) is 13.7. The second-order valence-corrected chi connectivity index (χ2v) is 7.16. The Balaban J connectivity index is 1.73. The molecule has 0 spiro atoms. The molecule has 0 aliphatic carbocycles. The van der Waals surface area contributed by atoms with Gasteiger partial charge < -0.3 is 4.90 Å². The summed E-state index contributed by atoms with van der Waals surface area (Å²) in [5, 5.41) is 0. The lowest BCUT2D eigenvalue weighted by molar-refractivity contribution is 0.0848. The normalized spacial score (nSPS) is 17.8. The van der Waals surface area contributed by atoms with Crippen LogP contribution >= 0.6 is 22.9 Å². The molecular weight excluding hydrogens is 294 g/mol. The Morgan fingerprint density at radius 3 is 2.45 bits per heavy atom. The van der Waals surface area contributed by atoms with E-state index in [-0.39, 0.29) is 5.78 Å². The maximum Gasteiger partial charge on any atom is 0.186 e. The van der Waals surface area contributed by atoms with E-state index >= 15 is 0 Å². The summed E-state index contributed by atoms with van der Waals surface area (Å²) < 4.78 is 0.682. The maximum atomic E-state index is 12.1. The Morgan fingerprint density at radius 1 is 1.25 bits per heavy atom. The molecule has 1 aromatic heterocycles. The van der Waals surface area contributed by atoms with Crippen LogP contribution in [0.4, 0.5) is 0 Å². The lowest BCUT2D eigenvalue weighted by atomic mass is 10.2. The molecular formula is C14H22ClN3OS. The fourth-order valence-electron chi connectivity index (χ4n) is 2.26. The molecule has 0 amide bonds. The molecule has 6 heteroatoms. The largest absolute Gasteiger partial charge is 0.308 e. The van der Waals surface area contributed by atoms with E-state index in [0.29, 0.717) is 10.9 Å². The quantitative estimate of drug-likeness (QED) is 0.748. The number of carbonyl (C=O) groups excluding carboxylic acids is 1. The Hall–Kier alpha value is -0.460. The van der Waals surface area contributed by atoms with Crippen molar-refractivity contribution < 1.29 is 4.79 Å². The molecule has 1 aromatic rings. The van der Waals surface area contributed by atoms with E-state index < -0.39 is 0 Å². The zero-order chi connectivity index (χ0) is 14.5. The Kier molecular flexibility index (Phi) is 5.99. The van der Waals surface area contributed by atoms with Crippen LogP contribution in [0.25, 0.3) is 0 Å². The highest BCUT2D eigenvalue weighted by Gasteiger charge is 2.20. The van der Waals surface area contributed by atoms with Crippen LogP contribution in [-0.4, -0.2) is 80.4 Å². The molecule has 1 aliphatic heterocycles. The summed E-state index contributed by atoms with van der Waals surface area (Å²) in [7, 11) is 4.20. The van der Waals surface area contributed by atoms with Crippen molar-refractivity contribution in [3.8, 4) is 0 Å². The molecule has 0 saturated carbocycles. The van der Waals surface area contributed by atoms with Crippen LogP contribution in [0, 0.1) is 0 Å². The summed E-state index contributed by atoms with van der Waals surface area (Å²) in [6, 6.07) is 3.61. The fourth-order valence-corrected chi connectivity index (χ4v) is 3.23. The molecule has 0 N–H and O–H groups in total. The molecule has 1 fully saturated rings. The van der Waals surface area contributed by atoms with Gasteiger partial charge in [0.25, 0.3) is 0 Å². The smallest absolute Gasteiger partial charge is 0.186 e. The van der Waals surface area contributed by atoms with Crippen LogP contribution in [0.1, 0.15) is 9.67 Å². The van der Waals surface area contributed by atoms with E-state index in [1.54, 1.807) is 6.07 Å². The van der Waals surface area contributed by atoms with Gasteiger partial charge in [-0.15, -0.1) is 11.3 Å². The van der Waals surface area contributed by atoms with E-state index in [0.717, 1.165) is 44.1 Å². The average Bonchev–Trinajstić information content (AvgIpc) is 2.85. The van der Waals surface area contributed by atoms with E-state index in [4.69, 9.17) is 11.6 Å². The summed E-state index contributed by atoms with van der Waals surface area (Å²) >= 11 is 7.24. The number of Topliss-reactive ketones (excluding diaryl/α,β-unsaturated/α-hetero) is 1. The lowest BCUT2D eigenvalue weighted by Gasteiger charge is -2.34. The van der Waals surface area contributed by atoms with Gasteiger partial charge in [-0.25, -0.2) is 0 Å². The van der Waals surface area contributed by atoms with Crippen molar-refractivity contribution in [1.29, 1.82) is 0 Å². The average molecular weight is 316 g/mol. The number of piperazine rings is 1. The number of likely N-dealkylation sites (N-methyl/N-ethyl adjacent to an activating group) is 1. The van der Waals surface area contributed by atoms with E-state index in [1.807, 2.05) is 6.07 Å². The standard InChI is InChI=1S/C14H22ClN3OS/c1-16(2)5-6-17-7-9-18(10-8-17)11-12(19)13-3-4-14(15)20-13/h3-4H,5-11H2,1-2H3. The zero-order valence-electron chi connectivity index (χ0n) is 12.1. The van der Waals surface area contributed by atoms with E-state index in [1.165, 1.54) is 11.3 Å². The summed E-state index contributed by atoms with van der Waals surface area (Å²) in [5.41, 5.74) is 0. The van der Waals surface area contributed by atoms with Crippen molar-refractivity contribution in [3.05, 3.63) is 21.3 Å². The van der Waals surface area contributed by atoms with E-state index in [9.17, 15) is 4.79 Å². The first-order chi connectivity index (χ1) is 9.54. The number of hydrogen-bond donors (Lipinski definition) is 0. The molecule has 0 atom stereocenters. The first-order valence-electron chi connectivity index (χ1n) is 6.92. The number of halogens is 1. The van der Waals surface area contributed by atoms with Gasteiger partial charge in [0.2, 0.25) is 0 Å². The highest BCUT2D eigenvalue weighted by Crippen LogP contribution is 2.22. The summed E-state index contributed by atoms with van der Waals surface area (Å²) in [5.74, 6) is 0.184. The topological polar surface area (TPSA) is 26.8 Å². The highest BCUT2D eigenvalue weighted by molar-refractivity contribution is 7.18. The molecule has 1 aliphatic rings. The first kappa shape index (κ1) is 15.9. The third-order valence-corrected chi connectivity index (χ3v) is 4.82. The Morgan fingerprint density at radius 2 is 1.90 bits per heavy atom. The van der Waals surface area contributed by atoms with Crippen LogP contribution in [0.3, 0.4) is 0 Å². The van der Waals surface area contributed by atoms with E-state index in [2.05, 4.69) is 28.8 Å². The van der Waals surface area contributed by atoms with Gasteiger partial charge in [0.15, 0.2) is 5.78 Å². The minimum absolute atomic E-state index is 0.184. The third kappa shape index (κ3) is 4.82. The Bertz CT molecular complexity index is 441. The molecule has 0 radical (unpaired) electrons.